The molecule has 0 radical (unpaired) electrons. The van der Waals surface area contributed by atoms with Gasteiger partial charge in [0, 0.05) is 55.4 Å². The number of hydrogen-bond donors (Lipinski definition) is 0. The predicted octanol–water partition coefficient (Wildman–Crippen LogP) is 18.8. The van der Waals surface area contributed by atoms with Crippen molar-refractivity contribution in [1.29, 1.82) is 0 Å². The zero-order valence-electron chi connectivity index (χ0n) is 43.9. The fraction of sp³-hybridized carbons (Fsp3) is 0.284. The first kappa shape index (κ1) is 45.6. The van der Waals surface area contributed by atoms with Crippen LogP contribution in [0.1, 0.15) is 130 Å². The summed E-state index contributed by atoms with van der Waals surface area (Å²) in [6.07, 6.45) is 0. The van der Waals surface area contributed by atoms with Crippen LogP contribution < -0.4 is 4.90 Å². The third kappa shape index (κ3) is 7.38. The molecule has 0 saturated heterocycles. The molecule has 0 bridgehead atoms. The van der Waals surface area contributed by atoms with E-state index in [1.54, 1.807) is 0 Å². The second-order valence-corrected chi connectivity index (χ2v) is 24.9. The Bertz CT molecular complexity index is 3360. The Kier molecular flexibility index (Phi) is 10.1. The number of anilines is 3. The SMILES string of the molecule is CC(C)(C)c1ccc2c(c1)c1cc(C(C)(C)C)ccc1n2-c1ccc(N(c2ccc(-n3c4ccc(C(C)(C)C)cc4c4cc(C(C)(C)C)ccc43)cc2)c2ccc3c(c2)C(C)(C)c2ccccc2-3)cc1. The summed E-state index contributed by atoms with van der Waals surface area (Å²) in [5.74, 6) is 0. The average molecular weight is 916 g/mol. The van der Waals surface area contributed by atoms with E-state index in [0.717, 1.165) is 28.4 Å². The predicted molar refractivity (Wildman–Crippen MR) is 302 cm³/mol. The van der Waals surface area contributed by atoms with Gasteiger partial charge in [-0.25, -0.2) is 0 Å². The van der Waals surface area contributed by atoms with Gasteiger partial charge in [-0.15, -0.1) is 0 Å². The Morgan fingerprint density at radius 1 is 0.329 bits per heavy atom. The van der Waals surface area contributed by atoms with Gasteiger partial charge in [0.1, 0.15) is 0 Å². The molecule has 3 nitrogen and oxygen atoms in total. The molecule has 1 aliphatic carbocycles. The maximum atomic E-state index is 2.46. The van der Waals surface area contributed by atoms with Gasteiger partial charge in [0.25, 0.3) is 0 Å². The number of rotatable bonds is 5. The van der Waals surface area contributed by atoms with Gasteiger partial charge in [0.05, 0.1) is 22.1 Å². The van der Waals surface area contributed by atoms with Gasteiger partial charge in [-0.3, -0.25) is 0 Å². The molecule has 0 fully saturated rings. The van der Waals surface area contributed by atoms with Crippen molar-refractivity contribution < 1.29 is 0 Å². The van der Waals surface area contributed by atoms with Crippen LogP contribution in [0.2, 0.25) is 0 Å². The second kappa shape index (κ2) is 15.6. The van der Waals surface area contributed by atoms with Gasteiger partial charge in [-0.1, -0.05) is 152 Å². The highest BCUT2D eigenvalue weighted by molar-refractivity contribution is 6.11. The highest BCUT2D eigenvalue weighted by atomic mass is 15.1. The average Bonchev–Trinajstić information content (AvgIpc) is 3.90. The minimum absolute atomic E-state index is 0.0406. The van der Waals surface area contributed by atoms with Gasteiger partial charge in [-0.05, 0) is 175 Å². The van der Waals surface area contributed by atoms with E-state index >= 15 is 0 Å². The van der Waals surface area contributed by atoms with E-state index in [0.29, 0.717) is 0 Å². The van der Waals surface area contributed by atoms with Crippen LogP contribution in [0.5, 0.6) is 0 Å². The summed E-state index contributed by atoms with van der Waals surface area (Å²) in [6.45, 7) is 32.4. The number of nitrogens with zero attached hydrogens (tertiary/aromatic N) is 3. The van der Waals surface area contributed by atoms with Crippen LogP contribution in [0.15, 0.2) is 164 Å². The Balaban J connectivity index is 1.07. The molecule has 0 atom stereocenters. The zero-order valence-corrected chi connectivity index (χ0v) is 43.9. The van der Waals surface area contributed by atoms with E-state index in [-0.39, 0.29) is 27.1 Å². The fourth-order valence-electron chi connectivity index (χ4n) is 11.2. The van der Waals surface area contributed by atoms with Crippen molar-refractivity contribution in [2.45, 2.75) is 124 Å². The van der Waals surface area contributed by atoms with Crippen LogP contribution in [-0.4, -0.2) is 9.13 Å². The van der Waals surface area contributed by atoms with Crippen molar-refractivity contribution in [2.75, 3.05) is 4.90 Å². The smallest absolute Gasteiger partial charge is 0.0541 e. The molecule has 2 heterocycles. The summed E-state index contributed by atoms with van der Waals surface area (Å²) in [4.78, 5) is 2.45. The van der Waals surface area contributed by atoms with Crippen molar-refractivity contribution >= 4 is 60.7 Å². The Morgan fingerprint density at radius 2 is 0.657 bits per heavy atom. The van der Waals surface area contributed by atoms with E-state index in [1.807, 2.05) is 0 Å². The monoisotopic (exact) mass is 916 g/mol. The minimum Gasteiger partial charge on any atom is -0.310 e. The third-order valence-electron chi connectivity index (χ3n) is 15.6. The highest BCUT2D eigenvalue weighted by Crippen LogP contribution is 2.51. The molecule has 70 heavy (non-hydrogen) atoms. The third-order valence-corrected chi connectivity index (χ3v) is 15.6. The largest absolute Gasteiger partial charge is 0.310 e. The molecular formula is C67H69N3. The van der Waals surface area contributed by atoms with Crippen molar-refractivity contribution in [3.05, 3.63) is 197 Å². The van der Waals surface area contributed by atoms with Crippen molar-refractivity contribution in [3.8, 4) is 22.5 Å². The van der Waals surface area contributed by atoms with Crippen LogP contribution >= 0.6 is 0 Å². The number of benzene rings is 8. The fourth-order valence-corrected chi connectivity index (χ4v) is 11.2. The number of hydrogen-bond acceptors (Lipinski definition) is 1. The van der Waals surface area contributed by atoms with E-state index in [2.05, 4.69) is 275 Å². The summed E-state index contributed by atoms with van der Waals surface area (Å²) in [5, 5.41) is 5.20. The summed E-state index contributed by atoms with van der Waals surface area (Å²) in [6, 6.07) is 62.9. The first-order valence-electron chi connectivity index (χ1n) is 25.4. The lowest BCUT2D eigenvalue weighted by molar-refractivity contribution is 0.590. The first-order chi connectivity index (χ1) is 33.0. The lowest BCUT2D eigenvalue weighted by Gasteiger charge is -2.28. The molecule has 0 N–H and O–H groups in total. The standard InChI is InChI=1S/C67H69N3/c1-63(2,3)42-19-33-59-53(37-42)54-38-43(64(4,5)6)20-34-60(54)69(59)48-27-23-46(24-28-48)68(50-31-32-52-51-17-15-16-18-57(51)67(13,14)58(52)41-50)47-25-29-49(30-26-47)70-61-35-21-44(65(7,8)9)39-55(61)56-40-45(66(10,11)12)22-36-62(56)70/h15-41H,1-14H3. The molecule has 352 valence electrons. The summed E-state index contributed by atoms with van der Waals surface area (Å²) in [5.41, 5.74) is 21.4. The van der Waals surface area contributed by atoms with Crippen molar-refractivity contribution in [2.24, 2.45) is 0 Å². The van der Waals surface area contributed by atoms with Crippen molar-refractivity contribution in [1.82, 2.24) is 9.13 Å². The molecule has 1 aliphatic rings. The summed E-state index contributed by atoms with van der Waals surface area (Å²) < 4.78 is 4.92. The molecule has 0 aliphatic heterocycles. The van der Waals surface area contributed by atoms with E-state index in [1.165, 1.54) is 88.1 Å². The van der Waals surface area contributed by atoms with Crippen LogP contribution in [0, 0.1) is 0 Å². The molecule has 0 spiro atoms. The molecule has 0 saturated carbocycles. The molecule has 11 rings (SSSR count). The lowest BCUT2D eigenvalue weighted by Crippen LogP contribution is -2.16. The molecule has 3 heteroatoms. The van der Waals surface area contributed by atoms with Crippen LogP contribution in [0.3, 0.4) is 0 Å². The number of fused-ring (bicyclic) bond motifs is 9. The second-order valence-electron chi connectivity index (χ2n) is 24.9. The Hall–Kier alpha value is -6.84. The van der Waals surface area contributed by atoms with Gasteiger partial charge < -0.3 is 14.0 Å². The van der Waals surface area contributed by atoms with Crippen LogP contribution in [0.4, 0.5) is 17.1 Å². The van der Waals surface area contributed by atoms with E-state index in [4.69, 9.17) is 0 Å². The minimum atomic E-state index is -0.131. The van der Waals surface area contributed by atoms with Gasteiger partial charge in [0.2, 0.25) is 0 Å². The number of aromatic nitrogens is 2. The molecule has 0 amide bonds. The Morgan fingerprint density at radius 3 is 1.01 bits per heavy atom. The highest BCUT2D eigenvalue weighted by Gasteiger charge is 2.36. The van der Waals surface area contributed by atoms with E-state index in [9.17, 15) is 0 Å². The summed E-state index contributed by atoms with van der Waals surface area (Å²) >= 11 is 0. The quantitative estimate of drug-likeness (QED) is 0.168. The first-order valence-corrected chi connectivity index (χ1v) is 25.4. The molecule has 0 unspecified atom stereocenters. The maximum Gasteiger partial charge on any atom is 0.0541 e. The van der Waals surface area contributed by atoms with Gasteiger partial charge >= 0.3 is 0 Å². The van der Waals surface area contributed by atoms with Crippen LogP contribution in [-0.2, 0) is 27.1 Å². The molecule has 2 aromatic heterocycles. The zero-order chi connectivity index (χ0) is 49.4. The Labute approximate surface area is 416 Å². The molecule has 10 aromatic rings. The topological polar surface area (TPSA) is 13.1 Å². The molecule has 8 aromatic carbocycles. The normalized spacial score (nSPS) is 14.0. The van der Waals surface area contributed by atoms with Crippen molar-refractivity contribution in [3.63, 3.8) is 0 Å². The molecular weight excluding hydrogens is 847 g/mol. The lowest BCUT2D eigenvalue weighted by atomic mass is 9.82. The summed E-state index contributed by atoms with van der Waals surface area (Å²) in [7, 11) is 0. The van der Waals surface area contributed by atoms with E-state index < -0.39 is 0 Å². The van der Waals surface area contributed by atoms with Gasteiger partial charge in [0.15, 0.2) is 0 Å². The van der Waals surface area contributed by atoms with Gasteiger partial charge in [-0.2, -0.15) is 0 Å². The maximum absolute atomic E-state index is 2.46. The van der Waals surface area contributed by atoms with Crippen LogP contribution in [0.25, 0.3) is 66.1 Å².